The first kappa shape index (κ1) is 58.7. The third-order valence-corrected chi connectivity index (χ3v) is 9.86. The maximum atomic E-state index is 12.8. The van der Waals surface area contributed by atoms with Crippen LogP contribution in [0.3, 0.4) is 0 Å². The van der Waals surface area contributed by atoms with Crippen molar-refractivity contribution in [2.45, 2.75) is 167 Å². The molecule has 0 bridgehead atoms. The molecule has 2 atom stereocenters. The Hall–Kier alpha value is -4.27. The lowest BCUT2D eigenvalue weighted by Crippen LogP contribution is -2.50. The van der Waals surface area contributed by atoms with Gasteiger partial charge in [0, 0.05) is 19.3 Å². The van der Waals surface area contributed by atoms with Crippen molar-refractivity contribution in [1.29, 1.82) is 0 Å². The standard InChI is InChI=1S/C55H87NO7/c1-6-8-10-12-14-16-18-20-22-24-26-28-30-32-34-36-38-40-42-44-46-54(58)63-51(49-61-48-47-52(55(59)60)56(3,4)5)50-62-53(57)45-43-41-39-37-35-33-31-29-27-25-23-21-19-17-15-13-11-9-7-2/h8-11,14-17,20-23,26-29,32-35,51-52H,6-7,12-13,18-19,24-25,30-31,36-50H2,1-5H3/p+1/b10-8+,11-9+,16-14+,17-15+,22-20+,23-21+,28-26+,29-27+,34-32+,35-33+. The summed E-state index contributed by atoms with van der Waals surface area (Å²) in [5.74, 6) is -1.56. The Bertz CT molecular complexity index is 1440. The molecule has 1 N–H and O–H groups in total. The SMILES string of the molecule is CC/C=C/C/C=C/C/C=C/C/C=C/C/C=C/CCCCCCC(=O)OC(COCCC(C(=O)O)[N+](C)(C)C)COC(=O)CCCCC/C=C/C/C=C/C/C=C/C/C=C/C/C=C/CC. The number of carbonyl (C=O) groups is 3. The molecule has 0 aliphatic heterocycles. The summed E-state index contributed by atoms with van der Waals surface area (Å²) in [4.78, 5) is 37.1. The van der Waals surface area contributed by atoms with Crippen molar-refractivity contribution >= 4 is 17.9 Å². The summed E-state index contributed by atoms with van der Waals surface area (Å²) in [6.07, 6.45) is 62.4. The van der Waals surface area contributed by atoms with Gasteiger partial charge in [-0.3, -0.25) is 9.59 Å². The molecule has 63 heavy (non-hydrogen) atoms. The Morgan fingerprint density at radius 2 is 0.841 bits per heavy atom. The van der Waals surface area contributed by atoms with Gasteiger partial charge in [-0.25, -0.2) is 4.79 Å². The molecule has 0 amide bonds. The molecular weight excluding hydrogens is 787 g/mol. The topological polar surface area (TPSA) is 99.1 Å². The van der Waals surface area contributed by atoms with Crippen LogP contribution in [0.4, 0.5) is 0 Å². The zero-order chi connectivity index (χ0) is 46.3. The fraction of sp³-hybridized carbons (Fsp3) is 0.582. The Morgan fingerprint density at radius 1 is 0.476 bits per heavy atom. The highest BCUT2D eigenvalue weighted by Gasteiger charge is 2.31. The number of aliphatic carboxylic acids is 1. The lowest BCUT2D eigenvalue weighted by molar-refractivity contribution is -0.887. The molecule has 8 nitrogen and oxygen atoms in total. The van der Waals surface area contributed by atoms with Gasteiger partial charge in [0.1, 0.15) is 6.61 Å². The minimum absolute atomic E-state index is 0.0308. The van der Waals surface area contributed by atoms with E-state index >= 15 is 0 Å². The first-order valence-corrected chi connectivity index (χ1v) is 24.1. The van der Waals surface area contributed by atoms with Gasteiger partial charge in [0.25, 0.3) is 0 Å². The number of esters is 2. The number of quaternary nitrogens is 1. The summed E-state index contributed by atoms with van der Waals surface area (Å²) in [5, 5.41) is 9.64. The van der Waals surface area contributed by atoms with Crippen LogP contribution in [0.5, 0.6) is 0 Å². The van der Waals surface area contributed by atoms with Crippen LogP contribution in [0, 0.1) is 0 Å². The third kappa shape index (κ3) is 42.8. The summed E-state index contributed by atoms with van der Waals surface area (Å²) in [6.45, 7) is 4.42. The fourth-order valence-electron chi connectivity index (χ4n) is 6.20. The second-order valence-electron chi connectivity index (χ2n) is 16.6. The molecule has 0 heterocycles. The monoisotopic (exact) mass is 875 g/mol. The number of carbonyl (C=O) groups excluding carboxylic acids is 2. The Morgan fingerprint density at radius 3 is 1.24 bits per heavy atom. The lowest BCUT2D eigenvalue weighted by atomic mass is 10.1. The van der Waals surface area contributed by atoms with Crippen LogP contribution < -0.4 is 0 Å². The minimum Gasteiger partial charge on any atom is -0.477 e. The van der Waals surface area contributed by atoms with E-state index in [0.717, 1.165) is 122 Å². The molecule has 0 saturated heterocycles. The van der Waals surface area contributed by atoms with E-state index in [9.17, 15) is 19.5 Å². The number of carboxylic acids is 1. The third-order valence-electron chi connectivity index (χ3n) is 9.86. The molecule has 0 saturated carbocycles. The molecular formula is C55H88NO7+. The van der Waals surface area contributed by atoms with E-state index in [0.29, 0.717) is 12.8 Å². The van der Waals surface area contributed by atoms with E-state index in [-0.39, 0.29) is 42.7 Å². The molecule has 0 fully saturated rings. The molecule has 0 aromatic heterocycles. The van der Waals surface area contributed by atoms with Gasteiger partial charge in [0.05, 0.1) is 34.4 Å². The van der Waals surface area contributed by atoms with E-state index in [1.165, 1.54) is 0 Å². The van der Waals surface area contributed by atoms with Gasteiger partial charge in [-0.15, -0.1) is 0 Å². The van der Waals surface area contributed by atoms with Crippen molar-refractivity contribution < 1.29 is 38.2 Å². The molecule has 354 valence electrons. The molecule has 8 heteroatoms. The highest BCUT2D eigenvalue weighted by Crippen LogP contribution is 2.12. The molecule has 0 radical (unpaired) electrons. The van der Waals surface area contributed by atoms with Gasteiger partial charge in [-0.2, -0.15) is 0 Å². The van der Waals surface area contributed by atoms with E-state index in [1.54, 1.807) is 0 Å². The highest BCUT2D eigenvalue weighted by atomic mass is 16.6. The van der Waals surface area contributed by atoms with Crippen LogP contribution in [0.15, 0.2) is 122 Å². The number of carboxylic acid groups (broad SMARTS) is 1. The maximum Gasteiger partial charge on any atom is 0.362 e. The van der Waals surface area contributed by atoms with Gasteiger partial charge in [-0.05, 0) is 103 Å². The van der Waals surface area contributed by atoms with Crippen LogP contribution >= 0.6 is 0 Å². The normalized spacial score (nSPS) is 14.0. The Kier molecular flexibility index (Phi) is 41.3. The molecule has 0 aromatic carbocycles. The number of unbranched alkanes of at least 4 members (excludes halogenated alkanes) is 7. The van der Waals surface area contributed by atoms with Crippen molar-refractivity contribution in [2.24, 2.45) is 0 Å². The summed E-state index contributed by atoms with van der Waals surface area (Å²) < 4.78 is 17.3. The number of nitrogens with zero attached hydrogens (tertiary/aromatic N) is 1. The predicted octanol–water partition coefficient (Wildman–Crippen LogP) is 13.8. The fourth-order valence-corrected chi connectivity index (χ4v) is 6.20. The zero-order valence-corrected chi connectivity index (χ0v) is 40.2. The number of ether oxygens (including phenoxy) is 3. The van der Waals surface area contributed by atoms with Crippen molar-refractivity contribution in [3.63, 3.8) is 0 Å². The van der Waals surface area contributed by atoms with Crippen LogP contribution in [0.25, 0.3) is 0 Å². The average molecular weight is 875 g/mol. The van der Waals surface area contributed by atoms with E-state index in [2.05, 4.69) is 135 Å². The van der Waals surface area contributed by atoms with E-state index in [4.69, 9.17) is 14.2 Å². The number of hydrogen-bond acceptors (Lipinski definition) is 6. The number of hydrogen-bond donors (Lipinski definition) is 1. The van der Waals surface area contributed by atoms with Crippen LogP contribution in [0.2, 0.25) is 0 Å². The summed E-state index contributed by atoms with van der Waals surface area (Å²) >= 11 is 0. The number of likely N-dealkylation sites (N-methyl/N-ethyl adjacent to an activating group) is 1. The van der Waals surface area contributed by atoms with Crippen LogP contribution in [0.1, 0.15) is 155 Å². The van der Waals surface area contributed by atoms with Crippen molar-refractivity contribution in [3.05, 3.63) is 122 Å². The predicted molar refractivity (Wildman–Crippen MR) is 265 cm³/mol. The van der Waals surface area contributed by atoms with Crippen molar-refractivity contribution in [3.8, 4) is 0 Å². The molecule has 0 rings (SSSR count). The maximum absolute atomic E-state index is 12.8. The summed E-state index contributed by atoms with van der Waals surface area (Å²) in [7, 11) is 5.50. The van der Waals surface area contributed by atoms with Gasteiger partial charge < -0.3 is 23.8 Å². The Labute approximate surface area is 384 Å². The van der Waals surface area contributed by atoms with Gasteiger partial charge in [-0.1, -0.05) is 155 Å². The van der Waals surface area contributed by atoms with Crippen LogP contribution in [-0.2, 0) is 28.6 Å². The van der Waals surface area contributed by atoms with Crippen molar-refractivity contribution in [2.75, 3.05) is 41.0 Å². The largest absolute Gasteiger partial charge is 0.477 e. The van der Waals surface area contributed by atoms with Crippen LogP contribution in [-0.4, -0.2) is 80.6 Å². The number of rotatable bonds is 41. The average Bonchev–Trinajstić information content (AvgIpc) is 3.24. The highest BCUT2D eigenvalue weighted by molar-refractivity contribution is 5.72. The van der Waals surface area contributed by atoms with Gasteiger partial charge in [0.2, 0.25) is 0 Å². The molecule has 0 aromatic rings. The second-order valence-corrected chi connectivity index (χ2v) is 16.6. The molecule has 2 unspecified atom stereocenters. The quantitative estimate of drug-likeness (QED) is 0.0283. The van der Waals surface area contributed by atoms with Gasteiger partial charge >= 0.3 is 17.9 Å². The van der Waals surface area contributed by atoms with Crippen molar-refractivity contribution in [1.82, 2.24) is 0 Å². The van der Waals surface area contributed by atoms with E-state index in [1.807, 2.05) is 21.1 Å². The zero-order valence-electron chi connectivity index (χ0n) is 40.2. The number of allylic oxidation sites excluding steroid dienone is 20. The minimum atomic E-state index is -0.890. The smallest absolute Gasteiger partial charge is 0.362 e. The Balaban J connectivity index is 4.44. The molecule has 0 spiro atoms. The lowest BCUT2D eigenvalue weighted by Gasteiger charge is -2.31. The van der Waals surface area contributed by atoms with E-state index < -0.39 is 18.1 Å². The second kappa shape index (κ2) is 44.3. The van der Waals surface area contributed by atoms with Gasteiger partial charge in [0.15, 0.2) is 12.1 Å². The summed E-state index contributed by atoms with van der Waals surface area (Å²) in [6, 6.07) is -0.634. The first-order chi connectivity index (χ1) is 30.6. The summed E-state index contributed by atoms with van der Waals surface area (Å²) in [5.41, 5.74) is 0. The molecule has 0 aliphatic carbocycles. The first-order valence-electron chi connectivity index (χ1n) is 24.1. The molecule has 0 aliphatic rings.